The molecule has 3 rings (SSSR count). The Balaban J connectivity index is 1.78. The fraction of sp³-hybridized carbons (Fsp3) is 0.235. The second kappa shape index (κ2) is 6.57. The number of para-hydroxylation sites is 1. The van der Waals surface area contributed by atoms with Crippen molar-refractivity contribution in [2.75, 3.05) is 23.3 Å². The van der Waals surface area contributed by atoms with Crippen LogP contribution in [-0.2, 0) is 0 Å². The zero-order valence-electron chi connectivity index (χ0n) is 13.0. The van der Waals surface area contributed by atoms with Crippen LogP contribution in [0.15, 0.2) is 48.5 Å². The highest BCUT2D eigenvalue weighted by Gasteiger charge is 2.26. The molecule has 0 spiro atoms. The third kappa shape index (κ3) is 3.29. The molecule has 0 bridgehead atoms. The summed E-state index contributed by atoms with van der Waals surface area (Å²) >= 11 is 0. The standard InChI is InChI=1S/C17H18N4O3/c18-17(22)15-10-14(21(23)24)6-7-16(15)20-9-8-13(11-20)19-12-4-2-1-3-5-12/h1-7,10,13,19H,8-9,11H2,(H2,18,22). The van der Waals surface area contributed by atoms with Gasteiger partial charge < -0.3 is 16.0 Å². The van der Waals surface area contributed by atoms with Gasteiger partial charge >= 0.3 is 0 Å². The number of anilines is 2. The summed E-state index contributed by atoms with van der Waals surface area (Å²) in [6.07, 6.45) is 0.907. The zero-order chi connectivity index (χ0) is 17.1. The number of nitrogens with two attached hydrogens (primary N) is 1. The molecule has 1 saturated heterocycles. The van der Waals surface area contributed by atoms with Crippen LogP contribution in [0, 0.1) is 10.1 Å². The minimum absolute atomic E-state index is 0.134. The Morgan fingerprint density at radius 1 is 1.25 bits per heavy atom. The molecule has 0 aromatic heterocycles. The van der Waals surface area contributed by atoms with E-state index in [4.69, 9.17) is 5.73 Å². The van der Waals surface area contributed by atoms with Crippen LogP contribution in [0.1, 0.15) is 16.8 Å². The van der Waals surface area contributed by atoms with E-state index in [0.29, 0.717) is 12.2 Å². The van der Waals surface area contributed by atoms with Crippen LogP contribution < -0.4 is 16.0 Å². The van der Waals surface area contributed by atoms with Crippen molar-refractivity contribution in [1.82, 2.24) is 0 Å². The van der Waals surface area contributed by atoms with Crippen molar-refractivity contribution < 1.29 is 9.72 Å². The first kappa shape index (κ1) is 15.8. The summed E-state index contributed by atoms with van der Waals surface area (Å²) in [5.41, 5.74) is 7.15. The van der Waals surface area contributed by atoms with E-state index in [9.17, 15) is 14.9 Å². The molecule has 2 aromatic rings. The molecular weight excluding hydrogens is 308 g/mol. The summed E-state index contributed by atoms with van der Waals surface area (Å²) in [5.74, 6) is -0.659. The van der Waals surface area contributed by atoms with Crippen molar-refractivity contribution in [2.24, 2.45) is 5.73 Å². The van der Waals surface area contributed by atoms with Gasteiger partial charge in [-0.3, -0.25) is 14.9 Å². The Hall–Kier alpha value is -3.09. The summed E-state index contributed by atoms with van der Waals surface area (Å²) < 4.78 is 0. The molecule has 3 N–H and O–H groups in total. The zero-order valence-corrected chi connectivity index (χ0v) is 13.0. The number of primary amides is 1. The molecule has 1 aliphatic heterocycles. The van der Waals surface area contributed by atoms with Crippen LogP contribution in [0.25, 0.3) is 0 Å². The van der Waals surface area contributed by atoms with E-state index >= 15 is 0 Å². The van der Waals surface area contributed by atoms with Crippen LogP contribution in [-0.4, -0.2) is 30.0 Å². The Morgan fingerprint density at radius 2 is 2.00 bits per heavy atom. The van der Waals surface area contributed by atoms with Gasteiger partial charge in [0, 0.05) is 37.0 Å². The Labute approximate surface area is 139 Å². The first-order valence-electron chi connectivity index (χ1n) is 7.69. The summed E-state index contributed by atoms with van der Waals surface area (Å²) in [6.45, 7) is 1.45. The molecule has 24 heavy (non-hydrogen) atoms. The Morgan fingerprint density at radius 3 is 2.67 bits per heavy atom. The van der Waals surface area contributed by atoms with Crippen LogP contribution >= 0.6 is 0 Å². The maximum absolute atomic E-state index is 11.7. The van der Waals surface area contributed by atoms with Gasteiger partial charge in [0.2, 0.25) is 0 Å². The third-order valence-electron chi connectivity index (χ3n) is 4.13. The topological polar surface area (TPSA) is 102 Å². The molecule has 124 valence electrons. The first-order chi connectivity index (χ1) is 11.5. The Bertz CT molecular complexity index is 764. The fourth-order valence-corrected chi connectivity index (χ4v) is 2.98. The number of hydrogen-bond donors (Lipinski definition) is 2. The molecule has 2 aromatic carbocycles. The van der Waals surface area contributed by atoms with Gasteiger partial charge in [0.25, 0.3) is 11.6 Å². The molecular formula is C17H18N4O3. The lowest BCUT2D eigenvalue weighted by molar-refractivity contribution is -0.384. The monoisotopic (exact) mass is 326 g/mol. The van der Waals surface area contributed by atoms with Gasteiger partial charge in [-0.2, -0.15) is 0 Å². The van der Waals surface area contributed by atoms with Crippen molar-refractivity contribution in [3.8, 4) is 0 Å². The molecule has 7 nitrogen and oxygen atoms in total. The van der Waals surface area contributed by atoms with Gasteiger partial charge in [0.1, 0.15) is 0 Å². The van der Waals surface area contributed by atoms with Crippen LogP contribution in [0.2, 0.25) is 0 Å². The predicted molar refractivity (Wildman–Crippen MR) is 92.3 cm³/mol. The quantitative estimate of drug-likeness (QED) is 0.649. The van der Waals surface area contributed by atoms with E-state index < -0.39 is 10.8 Å². The molecule has 7 heteroatoms. The number of nitro benzene ring substituents is 1. The minimum atomic E-state index is -0.659. The summed E-state index contributed by atoms with van der Waals surface area (Å²) in [6, 6.07) is 14.4. The highest BCUT2D eigenvalue weighted by atomic mass is 16.6. The second-order valence-corrected chi connectivity index (χ2v) is 5.76. The van der Waals surface area contributed by atoms with E-state index in [0.717, 1.165) is 18.7 Å². The lowest BCUT2D eigenvalue weighted by Crippen LogP contribution is -2.28. The maximum atomic E-state index is 11.7. The average Bonchev–Trinajstić information content (AvgIpc) is 3.03. The number of benzene rings is 2. The van der Waals surface area contributed by atoms with Gasteiger partial charge in [-0.25, -0.2) is 0 Å². The number of nitrogens with zero attached hydrogens (tertiary/aromatic N) is 2. The van der Waals surface area contributed by atoms with E-state index in [2.05, 4.69) is 5.32 Å². The molecule has 1 atom stereocenters. The Kier molecular flexibility index (Phi) is 4.33. The fourth-order valence-electron chi connectivity index (χ4n) is 2.98. The van der Waals surface area contributed by atoms with Crippen molar-refractivity contribution in [1.29, 1.82) is 0 Å². The maximum Gasteiger partial charge on any atom is 0.270 e. The van der Waals surface area contributed by atoms with Crippen molar-refractivity contribution >= 4 is 23.0 Å². The lowest BCUT2D eigenvalue weighted by atomic mass is 10.1. The molecule has 0 aliphatic carbocycles. The summed E-state index contributed by atoms with van der Waals surface area (Å²) in [5, 5.41) is 14.3. The van der Waals surface area contributed by atoms with Crippen molar-refractivity contribution in [3.05, 3.63) is 64.2 Å². The number of amides is 1. The largest absolute Gasteiger partial charge is 0.380 e. The number of non-ortho nitro benzene ring substituents is 1. The van der Waals surface area contributed by atoms with Crippen LogP contribution in [0.3, 0.4) is 0 Å². The van der Waals surface area contributed by atoms with E-state index in [1.165, 1.54) is 12.1 Å². The van der Waals surface area contributed by atoms with E-state index in [-0.39, 0.29) is 17.3 Å². The number of nitro groups is 1. The molecule has 1 unspecified atom stereocenters. The normalized spacial score (nSPS) is 16.8. The highest BCUT2D eigenvalue weighted by Crippen LogP contribution is 2.29. The number of carbonyl (C=O) groups excluding carboxylic acids is 1. The average molecular weight is 326 g/mol. The molecule has 0 radical (unpaired) electrons. The number of hydrogen-bond acceptors (Lipinski definition) is 5. The van der Waals surface area contributed by atoms with Crippen LogP contribution in [0.5, 0.6) is 0 Å². The lowest BCUT2D eigenvalue weighted by Gasteiger charge is -2.21. The SMILES string of the molecule is NC(=O)c1cc([N+](=O)[O-])ccc1N1CCC(Nc2ccccc2)C1. The van der Waals surface area contributed by atoms with Crippen molar-refractivity contribution in [2.45, 2.75) is 12.5 Å². The minimum Gasteiger partial charge on any atom is -0.380 e. The van der Waals surface area contributed by atoms with E-state index in [1.54, 1.807) is 6.07 Å². The highest BCUT2D eigenvalue weighted by molar-refractivity contribution is 5.99. The second-order valence-electron chi connectivity index (χ2n) is 5.76. The van der Waals surface area contributed by atoms with Gasteiger partial charge in [-0.15, -0.1) is 0 Å². The first-order valence-corrected chi connectivity index (χ1v) is 7.69. The molecule has 1 aliphatic rings. The van der Waals surface area contributed by atoms with Gasteiger partial charge in [0.05, 0.1) is 16.2 Å². The molecule has 1 fully saturated rings. The van der Waals surface area contributed by atoms with Gasteiger partial charge in [0.15, 0.2) is 0 Å². The number of carbonyl (C=O) groups is 1. The number of nitrogens with one attached hydrogen (secondary N) is 1. The smallest absolute Gasteiger partial charge is 0.270 e. The van der Waals surface area contributed by atoms with Crippen molar-refractivity contribution in [3.63, 3.8) is 0 Å². The predicted octanol–water partition coefficient (Wildman–Crippen LogP) is 2.38. The molecule has 1 heterocycles. The molecule has 0 saturated carbocycles. The number of rotatable bonds is 5. The van der Waals surface area contributed by atoms with E-state index in [1.807, 2.05) is 35.2 Å². The summed E-state index contributed by atoms with van der Waals surface area (Å²) in [7, 11) is 0. The van der Waals surface area contributed by atoms with Crippen LogP contribution in [0.4, 0.5) is 17.1 Å². The van der Waals surface area contributed by atoms with Gasteiger partial charge in [-0.1, -0.05) is 18.2 Å². The summed E-state index contributed by atoms with van der Waals surface area (Å²) in [4.78, 5) is 24.1. The van der Waals surface area contributed by atoms with Gasteiger partial charge in [-0.05, 0) is 24.6 Å². The molecule has 1 amide bonds. The third-order valence-corrected chi connectivity index (χ3v) is 4.13.